The van der Waals surface area contributed by atoms with Crippen LogP contribution in [0.4, 0.5) is 5.69 Å². The largest absolute Gasteiger partial charge is 0.336 e. The Labute approximate surface area is 217 Å². The number of nitrogens with one attached hydrogen (secondary N) is 3. The fourth-order valence-electron chi connectivity index (χ4n) is 4.44. The number of carbonyl (C=O) groups excluding carboxylic acids is 1. The molecule has 0 atom stereocenters. The van der Waals surface area contributed by atoms with E-state index in [1.54, 1.807) is 23.7 Å². The van der Waals surface area contributed by atoms with Crippen molar-refractivity contribution >= 4 is 39.7 Å². The number of rotatable bonds is 6. The maximum Gasteiger partial charge on any atom is 0.224 e. The zero-order valence-corrected chi connectivity index (χ0v) is 21.3. The van der Waals surface area contributed by atoms with Gasteiger partial charge in [0, 0.05) is 39.1 Å². The second-order valence-electron chi connectivity index (χ2n) is 8.96. The zero-order chi connectivity index (χ0) is 25.4. The number of fused-ring (bicyclic) bond motifs is 2. The Kier molecular flexibility index (Phi) is 5.97. The summed E-state index contributed by atoms with van der Waals surface area (Å²) in [7, 11) is 0. The molecule has 6 rings (SSSR count). The number of aromatic nitrogens is 4. The van der Waals surface area contributed by atoms with Crippen molar-refractivity contribution in [2.24, 2.45) is 5.10 Å². The Hall–Kier alpha value is -4.37. The molecule has 8 nitrogen and oxygen atoms in total. The lowest BCUT2D eigenvalue weighted by molar-refractivity contribution is -0.116. The molecular weight excluding hydrogens is 482 g/mol. The molecule has 3 N–H and O–H groups in total. The minimum Gasteiger partial charge on any atom is -0.336 e. The summed E-state index contributed by atoms with van der Waals surface area (Å²) in [5.74, 6) is 0.634. The monoisotopic (exact) mass is 507 g/mol. The van der Waals surface area contributed by atoms with Gasteiger partial charge in [-0.1, -0.05) is 25.1 Å². The molecule has 1 amide bonds. The number of para-hydroxylation sites is 1. The molecule has 184 valence electrons. The van der Waals surface area contributed by atoms with Gasteiger partial charge in [0.25, 0.3) is 0 Å². The summed E-state index contributed by atoms with van der Waals surface area (Å²) in [6.07, 6.45) is 4.66. The van der Waals surface area contributed by atoms with Crippen molar-refractivity contribution in [3.63, 3.8) is 0 Å². The summed E-state index contributed by atoms with van der Waals surface area (Å²) < 4.78 is 0. The topological polar surface area (TPSA) is 108 Å². The molecule has 5 aromatic rings. The Balaban J connectivity index is 1.38. The lowest BCUT2D eigenvalue weighted by Crippen LogP contribution is -2.23. The van der Waals surface area contributed by atoms with Gasteiger partial charge in [0.15, 0.2) is 11.5 Å². The van der Waals surface area contributed by atoms with Crippen molar-refractivity contribution < 1.29 is 4.79 Å². The van der Waals surface area contributed by atoms with Crippen molar-refractivity contribution in [3.8, 4) is 21.7 Å². The number of H-pyrrole nitrogens is 1. The summed E-state index contributed by atoms with van der Waals surface area (Å²) in [6, 6.07) is 16.3. The molecule has 0 unspecified atom stereocenters. The highest BCUT2D eigenvalue weighted by molar-refractivity contribution is 7.15. The van der Waals surface area contributed by atoms with E-state index in [1.807, 2.05) is 37.3 Å². The van der Waals surface area contributed by atoms with Crippen LogP contribution in [0.1, 0.15) is 41.7 Å². The van der Waals surface area contributed by atoms with Crippen LogP contribution in [-0.2, 0) is 11.3 Å². The first-order valence-corrected chi connectivity index (χ1v) is 13.0. The van der Waals surface area contributed by atoms with Crippen LogP contribution in [0.15, 0.2) is 66.0 Å². The predicted molar refractivity (Wildman–Crippen MR) is 148 cm³/mol. The minimum atomic E-state index is -0.0256. The highest BCUT2D eigenvalue weighted by Crippen LogP contribution is 2.33. The second-order valence-corrected chi connectivity index (χ2v) is 10.2. The number of hydrogen-bond donors (Lipinski definition) is 3. The number of aromatic amines is 1. The number of amides is 1. The number of nitrogens with zero attached hydrogens (tertiary/aromatic N) is 4. The van der Waals surface area contributed by atoms with E-state index in [1.165, 1.54) is 9.75 Å². The molecule has 1 aliphatic heterocycles. The lowest BCUT2D eigenvalue weighted by Gasteiger charge is -2.16. The van der Waals surface area contributed by atoms with E-state index >= 15 is 0 Å². The first-order valence-electron chi connectivity index (χ1n) is 12.2. The maximum atomic E-state index is 12.1. The van der Waals surface area contributed by atoms with Crippen molar-refractivity contribution in [2.45, 2.75) is 33.2 Å². The van der Waals surface area contributed by atoms with Crippen LogP contribution in [0.3, 0.4) is 0 Å². The number of aryl methyl sites for hydroxylation is 1. The van der Waals surface area contributed by atoms with E-state index in [9.17, 15) is 4.79 Å². The van der Waals surface area contributed by atoms with E-state index in [4.69, 9.17) is 9.97 Å². The molecular formula is C28H25N7OS. The molecule has 0 saturated carbocycles. The average molecular weight is 508 g/mol. The van der Waals surface area contributed by atoms with E-state index in [0.29, 0.717) is 30.2 Å². The number of hydrazone groups is 1. The van der Waals surface area contributed by atoms with E-state index in [2.05, 4.69) is 50.9 Å². The second kappa shape index (κ2) is 9.59. The lowest BCUT2D eigenvalue weighted by atomic mass is 10.0. The van der Waals surface area contributed by atoms with Gasteiger partial charge in [0.05, 0.1) is 40.9 Å². The highest BCUT2D eigenvalue weighted by atomic mass is 32.1. The number of thiophene rings is 1. The van der Waals surface area contributed by atoms with Gasteiger partial charge in [-0.05, 0) is 43.7 Å². The SMILES string of the molecule is CCCC(=O)Nc1cncc(-c2ccc3c(n2)C(c2nc4c(-c5ccc(C)s5)cccc4[nH]2)=NNC3)c1. The van der Waals surface area contributed by atoms with Crippen LogP contribution in [0.2, 0.25) is 0 Å². The molecule has 0 spiro atoms. The van der Waals surface area contributed by atoms with Gasteiger partial charge in [-0.3, -0.25) is 9.78 Å². The summed E-state index contributed by atoms with van der Waals surface area (Å²) in [5, 5.41) is 7.50. The van der Waals surface area contributed by atoms with Crippen molar-refractivity contribution in [1.82, 2.24) is 25.4 Å². The molecule has 5 heterocycles. The van der Waals surface area contributed by atoms with Gasteiger partial charge in [0.1, 0.15) is 0 Å². The number of benzene rings is 1. The molecule has 4 aromatic heterocycles. The number of imidazole rings is 1. The third-order valence-corrected chi connectivity index (χ3v) is 7.24. The Morgan fingerprint density at radius 3 is 2.86 bits per heavy atom. The summed E-state index contributed by atoms with van der Waals surface area (Å²) in [4.78, 5) is 32.2. The quantitative estimate of drug-likeness (QED) is 0.275. The van der Waals surface area contributed by atoms with Gasteiger partial charge in [-0.2, -0.15) is 5.10 Å². The summed E-state index contributed by atoms with van der Waals surface area (Å²) in [6.45, 7) is 4.67. The van der Waals surface area contributed by atoms with Crippen LogP contribution in [0.25, 0.3) is 32.7 Å². The molecule has 37 heavy (non-hydrogen) atoms. The molecule has 0 saturated heterocycles. The van der Waals surface area contributed by atoms with Crippen LogP contribution >= 0.6 is 11.3 Å². The third-order valence-electron chi connectivity index (χ3n) is 6.20. The van der Waals surface area contributed by atoms with Gasteiger partial charge in [0.2, 0.25) is 5.91 Å². The van der Waals surface area contributed by atoms with Gasteiger partial charge in [-0.25, -0.2) is 9.97 Å². The highest BCUT2D eigenvalue weighted by Gasteiger charge is 2.22. The molecule has 0 fully saturated rings. The fraction of sp³-hybridized carbons (Fsp3) is 0.179. The summed E-state index contributed by atoms with van der Waals surface area (Å²) >= 11 is 1.75. The first-order chi connectivity index (χ1) is 18.1. The van der Waals surface area contributed by atoms with Crippen molar-refractivity contribution in [1.29, 1.82) is 0 Å². The van der Waals surface area contributed by atoms with E-state index in [-0.39, 0.29) is 5.91 Å². The van der Waals surface area contributed by atoms with Gasteiger partial charge >= 0.3 is 0 Å². The van der Waals surface area contributed by atoms with Crippen LogP contribution < -0.4 is 10.7 Å². The van der Waals surface area contributed by atoms with Crippen molar-refractivity contribution in [3.05, 3.63) is 82.9 Å². The van der Waals surface area contributed by atoms with E-state index in [0.717, 1.165) is 45.5 Å². The number of hydrogen-bond acceptors (Lipinski definition) is 7. The average Bonchev–Trinajstić information content (AvgIpc) is 3.54. The van der Waals surface area contributed by atoms with Gasteiger partial charge < -0.3 is 15.7 Å². The fourth-order valence-corrected chi connectivity index (χ4v) is 5.33. The molecule has 0 radical (unpaired) electrons. The molecule has 9 heteroatoms. The smallest absolute Gasteiger partial charge is 0.224 e. The summed E-state index contributed by atoms with van der Waals surface area (Å²) in [5.41, 5.74) is 10.7. The van der Waals surface area contributed by atoms with Crippen LogP contribution in [-0.4, -0.2) is 31.6 Å². The third kappa shape index (κ3) is 4.49. The molecule has 0 aliphatic carbocycles. The van der Waals surface area contributed by atoms with E-state index < -0.39 is 0 Å². The Bertz CT molecular complexity index is 1670. The van der Waals surface area contributed by atoms with Crippen LogP contribution in [0.5, 0.6) is 0 Å². The maximum absolute atomic E-state index is 12.1. The van der Waals surface area contributed by atoms with Crippen molar-refractivity contribution in [2.75, 3.05) is 5.32 Å². The normalized spacial score (nSPS) is 12.6. The van der Waals surface area contributed by atoms with Crippen LogP contribution in [0, 0.1) is 6.92 Å². The molecule has 1 aromatic carbocycles. The zero-order valence-electron chi connectivity index (χ0n) is 20.5. The van der Waals surface area contributed by atoms with Gasteiger partial charge in [-0.15, -0.1) is 11.3 Å². The molecule has 1 aliphatic rings. The predicted octanol–water partition coefficient (Wildman–Crippen LogP) is 5.65. The molecule has 0 bridgehead atoms. The number of carbonyl (C=O) groups is 1. The number of anilines is 1. The standard InChI is InChI=1S/C28H25N7OS/c1-3-5-24(36)31-19-12-18(13-29-15-19)21-10-9-17-14-30-35-27(25(17)32-21)28-33-22-7-4-6-20(26(22)34-28)23-11-8-16(2)37-23/h4,6-13,15,30H,3,5,14H2,1-2H3,(H,31,36)(H,33,34). The first kappa shape index (κ1) is 23.1. The number of pyridine rings is 2. The Morgan fingerprint density at radius 2 is 2.03 bits per heavy atom. The minimum absolute atomic E-state index is 0.0256. The Morgan fingerprint density at radius 1 is 1.11 bits per heavy atom.